The molecule has 0 bridgehead atoms. The lowest BCUT2D eigenvalue weighted by Crippen LogP contribution is -2.63. The van der Waals surface area contributed by atoms with Crippen LogP contribution in [0.2, 0.25) is 0 Å². The van der Waals surface area contributed by atoms with Crippen molar-refractivity contribution in [3.63, 3.8) is 0 Å². The molecule has 2 unspecified atom stereocenters. The molecule has 0 spiro atoms. The zero-order valence-corrected chi connectivity index (χ0v) is 11.3. The van der Waals surface area contributed by atoms with Gasteiger partial charge >= 0.3 is 5.97 Å². The van der Waals surface area contributed by atoms with E-state index >= 15 is 0 Å². The Kier molecular flexibility index (Phi) is 4.25. The van der Waals surface area contributed by atoms with E-state index in [0.717, 1.165) is 39.1 Å². The van der Waals surface area contributed by atoms with Gasteiger partial charge in [0, 0.05) is 37.8 Å². The minimum atomic E-state index is -0.732. The van der Waals surface area contributed by atoms with Gasteiger partial charge in [-0.25, -0.2) is 0 Å². The Bertz CT molecular complexity index is 301. The van der Waals surface area contributed by atoms with Crippen molar-refractivity contribution in [2.75, 3.05) is 26.2 Å². The summed E-state index contributed by atoms with van der Waals surface area (Å²) in [5, 5.41) is 12.2. The second-order valence-corrected chi connectivity index (χ2v) is 6.03. The molecule has 2 aliphatic rings. The van der Waals surface area contributed by atoms with Gasteiger partial charge in [-0.3, -0.25) is 9.69 Å². The van der Waals surface area contributed by atoms with Crippen LogP contribution >= 0.6 is 0 Å². The van der Waals surface area contributed by atoms with Gasteiger partial charge in [-0.1, -0.05) is 0 Å². The zero-order valence-electron chi connectivity index (χ0n) is 11.3. The van der Waals surface area contributed by atoms with Crippen LogP contribution in [0.1, 0.15) is 33.1 Å². The van der Waals surface area contributed by atoms with Gasteiger partial charge in [0.1, 0.15) is 0 Å². The summed E-state index contributed by atoms with van der Waals surface area (Å²) in [6, 6.07) is 0.0527. The van der Waals surface area contributed by atoms with Crippen LogP contribution in [0.3, 0.4) is 0 Å². The quantitative estimate of drug-likeness (QED) is 0.775. The minimum Gasteiger partial charge on any atom is -0.481 e. The second kappa shape index (κ2) is 5.55. The molecule has 18 heavy (non-hydrogen) atoms. The Labute approximate surface area is 108 Å². The van der Waals surface area contributed by atoms with Crippen molar-refractivity contribution in [1.29, 1.82) is 0 Å². The standard InChI is InChI=1S/C13H24N2O3/c1-13(2)9-14-10(6-12(16)17)7-15(13)8-11-4-3-5-18-11/h10-11,14H,3-9H2,1-2H3,(H,16,17). The first-order chi connectivity index (χ1) is 8.47. The zero-order chi connectivity index (χ0) is 13.2. The monoisotopic (exact) mass is 256 g/mol. The lowest BCUT2D eigenvalue weighted by Gasteiger charge is -2.46. The maximum atomic E-state index is 10.8. The Hall–Kier alpha value is -0.650. The SMILES string of the molecule is CC1(C)CNC(CC(=O)O)CN1CC1CCCO1. The molecule has 0 radical (unpaired) electrons. The number of aliphatic carboxylic acids is 1. The smallest absolute Gasteiger partial charge is 0.304 e. The van der Waals surface area contributed by atoms with Crippen molar-refractivity contribution in [3.8, 4) is 0 Å². The van der Waals surface area contributed by atoms with Crippen LogP contribution in [-0.2, 0) is 9.53 Å². The Morgan fingerprint density at radius 2 is 2.33 bits per heavy atom. The van der Waals surface area contributed by atoms with Crippen molar-refractivity contribution in [2.45, 2.75) is 50.8 Å². The van der Waals surface area contributed by atoms with E-state index in [1.165, 1.54) is 0 Å². The van der Waals surface area contributed by atoms with Crippen molar-refractivity contribution in [1.82, 2.24) is 10.2 Å². The maximum absolute atomic E-state index is 10.8. The number of ether oxygens (including phenoxy) is 1. The fourth-order valence-electron chi connectivity index (χ4n) is 2.79. The largest absolute Gasteiger partial charge is 0.481 e. The highest BCUT2D eigenvalue weighted by atomic mass is 16.5. The fourth-order valence-corrected chi connectivity index (χ4v) is 2.79. The molecule has 2 aliphatic heterocycles. The summed E-state index contributed by atoms with van der Waals surface area (Å²) in [6.45, 7) is 7.81. The van der Waals surface area contributed by atoms with Crippen LogP contribution in [-0.4, -0.2) is 59.9 Å². The van der Waals surface area contributed by atoms with Crippen LogP contribution in [0.4, 0.5) is 0 Å². The number of carbonyl (C=O) groups is 1. The van der Waals surface area contributed by atoms with E-state index in [1.807, 2.05) is 0 Å². The third kappa shape index (κ3) is 3.43. The van der Waals surface area contributed by atoms with Crippen molar-refractivity contribution in [2.24, 2.45) is 0 Å². The second-order valence-electron chi connectivity index (χ2n) is 6.03. The number of piperazine rings is 1. The molecule has 0 aromatic carbocycles. The summed E-state index contributed by atoms with van der Waals surface area (Å²) in [5.74, 6) is -0.732. The molecule has 2 fully saturated rings. The van der Waals surface area contributed by atoms with E-state index in [0.29, 0.717) is 6.10 Å². The topological polar surface area (TPSA) is 61.8 Å². The van der Waals surface area contributed by atoms with Crippen LogP contribution in [0.5, 0.6) is 0 Å². The van der Waals surface area contributed by atoms with E-state index in [-0.39, 0.29) is 18.0 Å². The van der Waals surface area contributed by atoms with Gasteiger partial charge in [0.05, 0.1) is 12.5 Å². The van der Waals surface area contributed by atoms with Crippen LogP contribution in [0.15, 0.2) is 0 Å². The van der Waals surface area contributed by atoms with Crippen LogP contribution in [0, 0.1) is 0 Å². The Balaban J connectivity index is 1.92. The highest BCUT2D eigenvalue weighted by molar-refractivity contribution is 5.67. The van der Waals surface area contributed by atoms with E-state index in [2.05, 4.69) is 24.1 Å². The molecule has 104 valence electrons. The molecule has 2 atom stereocenters. The third-order valence-electron chi connectivity index (χ3n) is 3.99. The first-order valence-electron chi connectivity index (χ1n) is 6.79. The highest BCUT2D eigenvalue weighted by Crippen LogP contribution is 2.23. The minimum absolute atomic E-state index is 0.0527. The molecule has 0 aromatic rings. The van der Waals surface area contributed by atoms with Crippen molar-refractivity contribution >= 4 is 5.97 Å². The summed E-state index contributed by atoms with van der Waals surface area (Å²) in [5.41, 5.74) is 0.0704. The summed E-state index contributed by atoms with van der Waals surface area (Å²) in [4.78, 5) is 13.2. The fraction of sp³-hybridized carbons (Fsp3) is 0.923. The van der Waals surface area contributed by atoms with Gasteiger partial charge < -0.3 is 15.2 Å². The average molecular weight is 256 g/mol. The van der Waals surface area contributed by atoms with Gasteiger partial charge in [0.2, 0.25) is 0 Å². The molecule has 0 aromatic heterocycles. The van der Waals surface area contributed by atoms with Crippen molar-refractivity contribution < 1.29 is 14.6 Å². The molecule has 2 saturated heterocycles. The van der Waals surface area contributed by atoms with E-state index in [1.54, 1.807) is 0 Å². The molecule has 2 N–H and O–H groups in total. The number of hydrogen-bond donors (Lipinski definition) is 2. The average Bonchev–Trinajstić information content (AvgIpc) is 2.75. The number of nitrogens with zero attached hydrogens (tertiary/aromatic N) is 1. The van der Waals surface area contributed by atoms with Crippen LogP contribution < -0.4 is 5.32 Å². The van der Waals surface area contributed by atoms with Gasteiger partial charge in [0.15, 0.2) is 0 Å². The molecule has 2 heterocycles. The predicted octanol–water partition coefficient (Wildman–Crippen LogP) is 0.693. The van der Waals surface area contributed by atoms with Gasteiger partial charge in [0.25, 0.3) is 0 Å². The number of rotatable bonds is 4. The number of nitrogens with one attached hydrogen (secondary N) is 1. The normalized spacial score (nSPS) is 32.6. The van der Waals surface area contributed by atoms with Crippen LogP contribution in [0.25, 0.3) is 0 Å². The highest BCUT2D eigenvalue weighted by Gasteiger charge is 2.36. The molecular formula is C13H24N2O3. The first-order valence-corrected chi connectivity index (χ1v) is 6.79. The summed E-state index contributed by atoms with van der Waals surface area (Å²) in [6.07, 6.45) is 2.80. The van der Waals surface area contributed by atoms with E-state index < -0.39 is 5.97 Å². The van der Waals surface area contributed by atoms with E-state index in [4.69, 9.17) is 9.84 Å². The predicted molar refractivity (Wildman–Crippen MR) is 68.7 cm³/mol. The summed E-state index contributed by atoms with van der Waals surface area (Å²) >= 11 is 0. The van der Waals surface area contributed by atoms with Gasteiger partial charge in [-0.2, -0.15) is 0 Å². The van der Waals surface area contributed by atoms with E-state index in [9.17, 15) is 4.79 Å². The third-order valence-corrected chi connectivity index (χ3v) is 3.99. The Morgan fingerprint density at radius 1 is 1.56 bits per heavy atom. The molecular weight excluding hydrogens is 232 g/mol. The number of carboxylic acid groups (broad SMARTS) is 1. The molecule has 5 nitrogen and oxygen atoms in total. The summed E-state index contributed by atoms with van der Waals surface area (Å²) in [7, 11) is 0. The molecule has 2 rings (SSSR count). The molecule has 0 saturated carbocycles. The molecule has 5 heteroatoms. The number of carboxylic acids is 1. The lowest BCUT2D eigenvalue weighted by molar-refractivity contribution is -0.138. The summed E-state index contributed by atoms with van der Waals surface area (Å²) < 4.78 is 5.69. The number of hydrogen-bond acceptors (Lipinski definition) is 4. The Morgan fingerprint density at radius 3 is 2.94 bits per heavy atom. The first kappa shape index (κ1) is 13.8. The lowest BCUT2D eigenvalue weighted by atomic mass is 9.95. The van der Waals surface area contributed by atoms with Gasteiger partial charge in [-0.15, -0.1) is 0 Å². The van der Waals surface area contributed by atoms with Crippen molar-refractivity contribution in [3.05, 3.63) is 0 Å². The maximum Gasteiger partial charge on any atom is 0.304 e. The molecule has 0 amide bonds. The molecule has 0 aliphatic carbocycles. The van der Waals surface area contributed by atoms with Gasteiger partial charge in [-0.05, 0) is 26.7 Å².